The van der Waals surface area contributed by atoms with Crippen LogP contribution in [-0.4, -0.2) is 41.8 Å². The smallest absolute Gasteiger partial charge is 0.360 e. The molecule has 108 valence electrons. The van der Waals surface area contributed by atoms with Gasteiger partial charge in [-0.1, -0.05) is 26.0 Å². The molecule has 0 N–H and O–H groups in total. The van der Waals surface area contributed by atoms with Crippen molar-refractivity contribution in [2.75, 3.05) is 20.8 Å². The molecular formula is C13H23N3O3. The molecule has 0 saturated carbocycles. The third kappa shape index (κ3) is 4.63. The van der Waals surface area contributed by atoms with Crippen molar-refractivity contribution in [2.24, 2.45) is 5.41 Å². The molecule has 0 amide bonds. The number of hydrogen-bond donors (Lipinski definition) is 0. The van der Waals surface area contributed by atoms with Crippen molar-refractivity contribution < 1.29 is 14.3 Å². The van der Waals surface area contributed by atoms with Crippen LogP contribution in [0.5, 0.6) is 0 Å². The maximum atomic E-state index is 11.6. The van der Waals surface area contributed by atoms with Gasteiger partial charge in [-0.3, -0.25) is 0 Å². The SMILES string of the molecule is COCCc1c(C(=O)OC)nnn1CCC(C)(C)C. The van der Waals surface area contributed by atoms with Crippen molar-refractivity contribution in [1.82, 2.24) is 15.0 Å². The van der Waals surface area contributed by atoms with Crippen molar-refractivity contribution in [3.8, 4) is 0 Å². The summed E-state index contributed by atoms with van der Waals surface area (Å²) in [7, 11) is 2.97. The number of carbonyl (C=O) groups is 1. The van der Waals surface area contributed by atoms with Crippen molar-refractivity contribution in [2.45, 2.75) is 40.2 Å². The van der Waals surface area contributed by atoms with Crippen LogP contribution in [-0.2, 0) is 22.4 Å². The molecule has 0 radical (unpaired) electrons. The first-order valence-electron chi connectivity index (χ1n) is 6.38. The summed E-state index contributed by atoms with van der Waals surface area (Å²) in [6, 6.07) is 0. The predicted octanol–water partition coefficient (Wildman–Crippen LogP) is 1.69. The third-order valence-corrected chi connectivity index (χ3v) is 2.83. The van der Waals surface area contributed by atoms with Gasteiger partial charge < -0.3 is 9.47 Å². The summed E-state index contributed by atoms with van der Waals surface area (Å²) in [6.07, 6.45) is 1.55. The molecule has 1 rings (SSSR count). The maximum absolute atomic E-state index is 11.6. The zero-order chi connectivity index (χ0) is 14.5. The lowest BCUT2D eigenvalue weighted by molar-refractivity contribution is 0.0592. The highest BCUT2D eigenvalue weighted by atomic mass is 16.5. The molecule has 1 aromatic heterocycles. The van der Waals surface area contributed by atoms with Crippen LogP contribution in [0.3, 0.4) is 0 Å². The van der Waals surface area contributed by atoms with Gasteiger partial charge in [0, 0.05) is 20.1 Å². The van der Waals surface area contributed by atoms with Crippen LogP contribution in [0.1, 0.15) is 43.4 Å². The number of nitrogens with zero attached hydrogens (tertiary/aromatic N) is 3. The summed E-state index contributed by atoms with van der Waals surface area (Å²) < 4.78 is 11.6. The highest BCUT2D eigenvalue weighted by Gasteiger charge is 2.21. The van der Waals surface area contributed by atoms with Crippen molar-refractivity contribution in [1.29, 1.82) is 0 Å². The average molecular weight is 269 g/mol. The van der Waals surface area contributed by atoms with Crippen LogP contribution >= 0.6 is 0 Å². The van der Waals surface area contributed by atoms with Gasteiger partial charge in [0.25, 0.3) is 0 Å². The molecule has 0 unspecified atom stereocenters. The average Bonchev–Trinajstić information content (AvgIpc) is 2.75. The molecule has 0 aromatic carbocycles. The predicted molar refractivity (Wildman–Crippen MR) is 71.0 cm³/mol. The van der Waals surface area contributed by atoms with E-state index in [-0.39, 0.29) is 11.1 Å². The Bertz CT molecular complexity index is 421. The van der Waals surface area contributed by atoms with Crippen LogP contribution in [0.4, 0.5) is 0 Å². The summed E-state index contributed by atoms with van der Waals surface area (Å²) in [5.41, 5.74) is 1.27. The zero-order valence-electron chi connectivity index (χ0n) is 12.4. The lowest BCUT2D eigenvalue weighted by atomic mass is 9.92. The van der Waals surface area contributed by atoms with E-state index in [1.807, 2.05) is 0 Å². The van der Waals surface area contributed by atoms with Gasteiger partial charge in [0.2, 0.25) is 0 Å². The second-order valence-corrected chi connectivity index (χ2v) is 5.65. The van der Waals surface area contributed by atoms with E-state index < -0.39 is 5.97 Å². The van der Waals surface area contributed by atoms with Crippen LogP contribution < -0.4 is 0 Å². The van der Waals surface area contributed by atoms with Crippen molar-refractivity contribution >= 4 is 5.97 Å². The molecule has 0 aliphatic heterocycles. The number of aromatic nitrogens is 3. The fourth-order valence-electron chi connectivity index (χ4n) is 1.66. The summed E-state index contributed by atoms with van der Waals surface area (Å²) in [6.45, 7) is 7.75. The van der Waals surface area contributed by atoms with Gasteiger partial charge in [-0.25, -0.2) is 9.48 Å². The Morgan fingerprint density at radius 1 is 1.32 bits per heavy atom. The molecule has 19 heavy (non-hydrogen) atoms. The Labute approximate surface area is 114 Å². The summed E-state index contributed by atoms with van der Waals surface area (Å²) in [5.74, 6) is -0.451. The molecule has 0 aliphatic carbocycles. The van der Waals surface area contributed by atoms with E-state index in [4.69, 9.17) is 9.47 Å². The van der Waals surface area contributed by atoms with Gasteiger partial charge in [0.05, 0.1) is 19.4 Å². The van der Waals surface area contributed by atoms with E-state index in [2.05, 4.69) is 31.1 Å². The van der Waals surface area contributed by atoms with Crippen LogP contribution in [0.25, 0.3) is 0 Å². The molecule has 0 bridgehead atoms. The highest BCUT2D eigenvalue weighted by Crippen LogP contribution is 2.20. The number of ether oxygens (including phenoxy) is 2. The Hall–Kier alpha value is -1.43. The largest absolute Gasteiger partial charge is 0.464 e. The van der Waals surface area contributed by atoms with E-state index in [0.717, 1.165) is 18.7 Å². The number of esters is 1. The van der Waals surface area contributed by atoms with Crippen LogP contribution in [0.15, 0.2) is 0 Å². The topological polar surface area (TPSA) is 66.2 Å². The Morgan fingerprint density at radius 3 is 2.53 bits per heavy atom. The van der Waals surface area contributed by atoms with Gasteiger partial charge in [-0.2, -0.15) is 0 Å². The van der Waals surface area contributed by atoms with E-state index in [9.17, 15) is 4.79 Å². The molecule has 6 nitrogen and oxygen atoms in total. The van der Waals surface area contributed by atoms with Crippen LogP contribution in [0, 0.1) is 5.41 Å². The molecular weight excluding hydrogens is 246 g/mol. The van der Waals surface area contributed by atoms with Gasteiger partial charge in [0.15, 0.2) is 5.69 Å². The normalized spacial score (nSPS) is 11.6. The monoisotopic (exact) mass is 269 g/mol. The third-order valence-electron chi connectivity index (χ3n) is 2.83. The number of rotatable bonds is 6. The second-order valence-electron chi connectivity index (χ2n) is 5.65. The van der Waals surface area contributed by atoms with Gasteiger partial charge in [-0.05, 0) is 11.8 Å². The van der Waals surface area contributed by atoms with Gasteiger partial charge >= 0.3 is 5.97 Å². The van der Waals surface area contributed by atoms with Gasteiger partial charge in [0.1, 0.15) is 0 Å². The first kappa shape index (κ1) is 15.6. The lowest BCUT2D eigenvalue weighted by Crippen LogP contribution is -2.15. The molecule has 0 spiro atoms. The zero-order valence-corrected chi connectivity index (χ0v) is 12.4. The number of hydrogen-bond acceptors (Lipinski definition) is 5. The minimum atomic E-state index is -0.451. The molecule has 1 aromatic rings. The minimum absolute atomic E-state index is 0.204. The van der Waals surface area contributed by atoms with Gasteiger partial charge in [-0.15, -0.1) is 5.10 Å². The summed E-state index contributed by atoms with van der Waals surface area (Å²) in [5, 5.41) is 7.97. The standard InChI is InChI=1S/C13H23N3O3/c1-13(2,3)7-8-16-10(6-9-18-4)11(14-15-16)12(17)19-5/h6-9H2,1-5H3. The van der Waals surface area contributed by atoms with Crippen molar-refractivity contribution in [3.05, 3.63) is 11.4 Å². The Balaban J connectivity index is 2.90. The quantitative estimate of drug-likeness (QED) is 0.735. The fraction of sp³-hybridized carbons (Fsp3) is 0.769. The van der Waals surface area contributed by atoms with Crippen molar-refractivity contribution in [3.63, 3.8) is 0 Å². The number of aryl methyl sites for hydroxylation is 1. The first-order chi connectivity index (χ1) is 8.89. The fourth-order valence-corrected chi connectivity index (χ4v) is 1.66. The minimum Gasteiger partial charge on any atom is -0.464 e. The summed E-state index contributed by atoms with van der Waals surface area (Å²) >= 11 is 0. The highest BCUT2D eigenvalue weighted by molar-refractivity contribution is 5.88. The number of methoxy groups -OCH3 is 2. The first-order valence-corrected chi connectivity index (χ1v) is 6.38. The molecule has 6 heteroatoms. The van der Waals surface area contributed by atoms with E-state index >= 15 is 0 Å². The number of carbonyl (C=O) groups excluding carboxylic acids is 1. The van der Waals surface area contributed by atoms with Crippen LogP contribution in [0.2, 0.25) is 0 Å². The Kier molecular flexibility index (Phi) is 5.47. The molecule has 0 atom stereocenters. The molecule has 0 saturated heterocycles. The second kappa shape index (κ2) is 6.65. The molecule has 0 fully saturated rings. The maximum Gasteiger partial charge on any atom is 0.360 e. The summed E-state index contributed by atoms with van der Waals surface area (Å²) in [4.78, 5) is 11.6. The molecule has 0 aliphatic rings. The molecule has 1 heterocycles. The Morgan fingerprint density at radius 2 is 2.00 bits per heavy atom. The van der Waals surface area contributed by atoms with E-state index in [1.165, 1.54) is 7.11 Å². The van der Waals surface area contributed by atoms with E-state index in [0.29, 0.717) is 13.0 Å². The lowest BCUT2D eigenvalue weighted by Gasteiger charge is -2.18. The van der Waals surface area contributed by atoms with E-state index in [1.54, 1.807) is 11.8 Å².